The zero-order chi connectivity index (χ0) is 28.8. The first-order valence-electron chi connectivity index (χ1n) is 15.1. The van der Waals surface area contributed by atoms with Crippen molar-refractivity contribution >= 4 is 33.5 Å². The number of anilines is 4. The lowest BCUT2D eigenvalue weighted by Gasteiger charge is -2.26. The Morgan fingerprint density at radius 1 is 0.537 bits per heavy atom. The van der Waals surface area contributed by atoms with Crippen LogP contribution in [0.4, 0.5) is 22.7 Å². The van der Waals surface area contributed by atoms with Crippen LogP contribution in [0.25, 0.3) is 10.8 Å². The fraction of sp³-hybridized carbons (Fsp3) is 0.263. The molecule has 0 amide bonds. The third kappa shape index (κ3) is 6.10. The van der Waals surface area contributed by atoms with E-state index >= 15 is 0 Å². The van der Waals surface area contributed by atoms with Gasteiger partial charge in [-0.15, -0.1) is 0 Å². The molecular weight excluding hydrogens is 498 g/mol. The Hall–Kier alpha value is -4.24. The van der Waals surface area contributed by atoms with Crippen LogP contribution in [0.1, 0.15) is 55.9 Å². The van der Waals surface area contributed by atoms with Gasteiger partial charge in [0.25, 0.3) is 0 Å². The first-order chi connectivity index (χ1) is 20.1. The topological polar surface area (TPSA) is 18.5 Å². The molecule has 0 unspecified atom stereocenters. The largest absolute Gasteiger partial charge is 0.372 e. The van der Waals surface area contributed by atoms with Gasteiger partial charge in [-0.3, -0.25) is 0 Å². The molecule has 0 atom stereocenters. The molecule has 0 heterocycles. The van der Waals surface area contributed by atoms with Crippen molar-refractivity contribution in [3.8, 4) is 0 Å². The van der Waals surface area contributed by atoms with Gasteiger partial charge in [0.2, 0.25) is 0 Å². The van der Waals surface area contributed by atoms with Crippen molar-refractivity contribution in [2.24, 2.45) is 0 Å². The van der Waals surface area contributed by atoms with E-state index in [1.807, 2.05) is 0 Å². The van der Waals surface area contributed by atoms with Crippen LogP contribution in [-0.2, 0) is 0 Å². The van der Waals surface area contributed by atoms with E-state index in [0.29, 0.717) is 0 Å². The summed E-state index contributed by atoms with van der Waals surface area (Å²) in [4.78, 5) is 4.80. The highest BCUT2D eigenvalue weighted by atomic mass is 15.1. The minimum absolute atomic E-state index is 0.116. The number of rotatable bonds is 11. The number of hydrogen-bond acceptors (Lipinski definition) is 3. The molecule has 3 nitrogen and oxygen atoms in total. The molecule has 0 saturated heterocycles. The highest BCUT2D eigenvalue weighted by Gasteiger charge is 2.21. The quantitative estimate of drug-likeness (QED) is 0.168. The van der Waals surface area contributed by atoms with E-state index in [-0.39, 0.29) is 5.92 Å². The van der Waals surface area contributed by atoms with Crippen molar-refractivity contribution in [1.29, 1.82) is 0 Å². The van der Waals surface area contributed by atoms with Gasteiger partial charge in [0.15, 0.2) is 0 Å². The fourth-order valence-corrected chi connectivity index (χ4v) is 5.96. The molecule has 0 saturated carbocycles. The lowest BCUT2D eigenvalue weighted by Crippen LogP contribution is -2.22. The van der Waals surface area contributed by atoms with Crippen LogP contribution < -0.4 is 15.1 Å². The summed E-state index contributed by atoms with van der Waals surface area (Å²) in [5.74, 6) is 0.116. The van der Waals surface area contributed by atoms with Crippen molar-refractivity contribution in [2.45, 2.75) is 40.5 Å². The van der Waals surface area contributed by atoms with Crippen LogP contribution in [0, 0.1) is 6.92 Å². The van der Waals surface area contributed by atoms with Crippen LogP contribution in [0.5, 0.6) is 0 Å². The van der Waals surface area contributed by atoms with Crippen molar-refractivity contribution in [1.82, 2.24) is 0 Å². The standard InChI is InChI=1S/C38H43N3/c1-6-40(7-2)32-22-16-29(17-23-32)38(30-18-24-33(25-19-30)41(8-3)9-4)36-26-27-37(35-13-11-10-12-34(35)36)39-31-20-14-28(5)15-21-31/h10-27,38-39H,6-9H2,1-5H3. The van der Waals surface area contributed by atoms with Gasteiger partial charge < -0.3 is 15.1 Å². The lowest BCUT2D eigenvalue weighted by atomic mass is 9.82. The number of nitrogens with one attached hydrogen (secondary N) is 1. The molecule has 0 aliphatic rings. The molecule has 0 spiro atoms. The summed E-state index contributed by atoms with van der Waals surface area (Å²) in [6.07, 6.45) is 0. The van der Waals surface area contributed by atoms with Gasteiger partial charge in [0, 0.05) is 60.2 Å². The molecule has 5 aromatic rings. The van der Waals surface area contributed by atoms with Crippen LogP contribution >= 0.6 is 0 Å². The van der Waals surface area contributed by atoms with Crippen molar-refractivity contribution in [3.05, 3.63) is 131 Å². The predicted octanol–water partition coefficient (Wildman–Crippen LogP) is 9.76. The smallest absolute Gasteiger partial charge is 0.0464 e. The molecule has 3 heteroatoms. The average molecular weight is 542 g/mol. The third-order valence-electron chi connectivity index (χ3n) is 8.31. The number of aryl methyl sites for hydroxylation is 1. The predicted molar refractivity (Wildman–Crippen MR) is 179 cm³/mol. The van der Waals surface area contributed by atoms with Crippen molar-refractivity contribution in [2.75, 3.05) is 41.3 Å². The first kappa shape index (κ1) is 28.3. The van der Waals surface area contributed by atoms with Crippen LogP contribution in [0.2, 0.25) is 0 Å². The van der Waals surface area contributed by atoms with Crippen LogP contribution in [-0.4, -0.2) is 26.2 Å². The molecule has 0 aromatic heterocycles. The van der Waals surface area contributed by atoms with E-state index in [1.165, 1.54) is 44.4 Å². The van der Waals surface area contributed by atoms with Gasteiger partial charge in [0.05, 0.1) is 0 Å². The Balaban J connectivity index is 1.62. The zero-order valence-electron chi connectivity index (χ0n) is 25.2. The Morgan fingerprint density at radius 2 is 1.02 bits per heavy atom. The average Bonchev–Trinajstić information content (AvgIpc) is 3.02. The molecular formula is C38H43N3. The third-order valence-corrected chi connectivity index (χ3v) is 8.31. The van der Waals surface area contributed by atoms with Crippen LogP contribution in [0.15, 0.2) is 109 Å². The Kier molecular flexibility index (Phi) is 8.94. The summed E-state index contributed by atoms with van der Waals surface area (Å²) >= 11 is 0. The minimum Gasteiger partial charge on any atom is -0.372 e. The summed E-state index contributed by atoms with van der Waals surface area (Å²) in [5, 5.41) is 6.18. The van der Waals surface area contributed by atoms with E-state index < -0.39 is 0 Å². The summed E-state index contributed by atoms with van der Waals surface area (Å²) in [7, 11) is 0. The van der Waals surface area contributed by atoms with E-state index in [1.54, 1.807) is 0 Å². The van der Waals surface area contributed by atoms with Crippen molar-refractivity contribution in [3.63, 3.8) is 0 Å². The maximum absolute atomic E-state index is 3.67. The molecule has 0 aliphatic carbocycles. The second-order valence-corrected chi connectivity index (χ2v) is 10.7. The zero-order valence-corrected chi connectivity index (χ0v) is 25.2. The molecule has 41 heavy (non-hydrogen) atoms. The molecule has 1 N–H and O–H groups in total. The maximum Gasteiger partial charge on any atom is 0.0464 e. The van der Waals surface area contributed by atoms with Gasteiger partial charge in [-0.05, 0) is 99.2 Å². The summed E-state index contributed by atoms with van der Waals surface area (Å²) in [6, 6.07) is 40.4. The molecule has 5 aromatic carbocycles. The number of hydrogen-bond donors (Lipinski definition) is 1. The minimum atomic E-state index is 0.116. The molecule has 0 aliphatic heterocycles. The molecule has 5 rings (SSSR count). The summed E-state index contributed by atoms with van der Waals surface area (Å²) in [5.41, 5.74) is 9.97. The number of nitrogens with zero attached hydrogens (tertiary/aromatic N) is 2. The fourth-order valence-electron chi connectivity index (χ4n) is 5.96. The molecule has 0 bridgehead atoms. The van der Waals surface area contributed by atoms with Crippen LogP contribution in [0.3, 0.4) is 0 Å². The molecule has 0 fully saturated rings. The highest BCUT2D eigenvalue weighted by molar-refractivity contribution is 5.98. The molecule has 0 radical (unpaired) electrons. The number of benzene rings is 5. The van der Waals surface area contributed by atoms with E-state index in [4.69, 9.17) is 0 Å². The van der Waals surface area contributed by atoms with Gasteiger partial charge in [-0.1, -0.05) is 72.3 Å². The van der Waals surface area contributed by atoms with Gasteiger partial charge >= 0.3 is 0 Å². The number of fused-ring (bicyclic) bond motifs is 1. The Labute approximate surface area is 246 Å². The molecule has 210 valence electrons. The normalized spacial score (nSPS) is 11.2. The second kappa shape index (κ2) is 13.0. The van der Waals surface area contributed by atoms with Gasteiger partial charge in [-0.2, -0.15) is 0 Å². The first-order valence-corrected chi connectivity index (χ1v) is 15.1. The van der Waals surface area contributed by atoms with E-state index in [0.717, 1.165) is 37.6 Å². The van der Waals surface area contributed by atoms with E-state index in [2.05, 4.69) is 159 Å². The second-order valence-electron chi connectivity index (χ2n) is 10.7. The lowest BCUT2D eigenvalue weighted by molar-refractivity contribution is 0.863. The summed E-state index contributed by atoms with van der Waals surface area (Å²) in [6.45, 7) is 15.0. The summed E-state index contributed by atoms with van der Waals surface area (Å²) < 4.78 is 0. The SMILES string of the molecule is CCN(CC)c1ccc(C(c2ccc(N(CC)CC)cc2)c2ccc(Nc3ccc(C)cc3)c3ccccc23)cc1. The Morgan fingerprint density at radius 3 is 1.51 bits per heavy atom. The maximum atomic E-state index is 3.67. The highest BCUT2D eigenvalue weighted by Crippen LogP contribution is 2.40. The van der Waals surface area contributed by atoms with Gasteiger partial charge in [-0.25, -0.2) is 0 Å². The van der Waals surface area contributed by atoms with Gasteiger partial charge in [0.1, 0.15) is 0 Å². The van der Waals surface area contributed by atoms with Crippen molar-refractivity contribution < 1.29 is 0 Å². The monoisotopic (exact) mass is 541 g/mol. The Bertz CT molecular complexity index is 1490. The van der Waals surface area contributed by atoms with E-state index in [9.17, 15) is 0 Å².